The van der Waals surface area contributed by atoms with E-state index in [4.69, 9.17) is 4.74 Å². The lowest BCUT2D eigenvalue weighted by Crippen LogP contribution is -2.46. The molecule has 27 heavy (non-hydrogen) atoms. The van der Waals surface area contributed by atoms with Gasteiger partial charge in [-0.1, -0.05) is 18.2 Å². The van der Waals surface area contributed by atoms with Crippen LogP contribution >= 0.6 is 0 Å². The zero-order valence-corrected chi connectivity index (χ0v) is 15.0. The van der Waals surface area contributed by atoms with Crippen LogP contribution in [-0.2, 0) is 9.59 Å². The molecular weight excluding hydrogens is 344 g/mol. The Labute approximate surface area is 157 Å². The summed E-state index contributed by atoms with van der Waals surface area (Å²) in [5, 5.41) is 0. The zero-order valence-electron chi connectivity index (χ0n) is 15.0. The third kappa shape index (κ3) is 3.18. The lowest BCUT2D eigenvalue weighted by molar-refractivity contribution is -0.122. The minimum Gasteiger partial charge on any atom is -0.497 e. The second-order valence-electron chi connectivity index (χ2n) is 6.79. The van der Waals surface area contributed by atoms with E-state index >= 15 is 0 Å². The third-order valence-electron chi connectivity index (χ3n) is 4.98. The van der Waals surface area contributed by atoms with Gasteiger partial charge in [-0.05, 0) is 49.2 Å². The first-order valence-corrected chi connectivity index (χ1v) is 8.98. The van der Waals surface area contributed by atoms with Crippen molar-refractivity contribution < 1.29 is 19.1 Å². The molecule has 1 aliphatic carbocycles. The highest BCUT2D eigenvalue weighted by molar-refractivity contribution is 6.23. The number of methoxy groups -OCH3 is 1. The van der Waals surface area contributed by atoms with Gasteiger partial charge in [0.25, 0.3) is 11.8 Å². The molecule has 2 aliphatic rings. The number of rotatable bonds is 5. The van der Waals surface area contributed by atoms with Gasteiger partial charge in [0.15, 0.2) is 0 Å². The van der Waals surface area contributed by atoms with Gasteiger partial charge in [0, 0.05) is 11.6 Å². The lowest BCUT2D eigenvalue weighted by Gasteiger charge is -2.27. The molecule has 0 radical (unpaired) electrons. The molecule has 2 aromatic carbocycles. The van der Waals surface area contributed by atoms with Crippen molar-refractivity contribution in [2.75, 3.05) is 12.0 Å². The minimum absolute atomic E-state index is 0.0112. The van der Waals surface area contributed by atoms with Gasteiger partial charge in [-0.15, -0.1) is 0 Å². The van der Waals surface area contributed by atoms with E-state index in [2.05, 4.69) is 0 Å². The van der Waals surface area contributed by atoms with Crippen molar-refractivity contribution in [3.8, 4) is 5.75 Å². The Morgan fingerprint density at radius 1 is 1.04 bits per heavy atom. The van der Waals surface area contributed by atoms with Crippen molar-refractivity contribution >= 4 is 23.4 Å². The quantitative estimate of drug-likeness (QED) is 0.765. The second-order valence-corrected chi connectivity index (χ2v) is 6.79. The summed E-state index contributed by atoms with van der Waals surface area (Å²) in [6.07, 6.45) is 1.72. The summed E-state index contributed by atoms with van der Waals surface area (Å²) in [5.41, 5.74) is 1.03. The van der Waals surface area contributed by atoms with E-state index in [-0.39, 0.29) is 30.2 Å². The predicted octanol–water partition coefficient (Wildman–Crippen LogP) is 2.63. The van der Waals surface area contributed by atoms with Gasteiger partial charge in [-0.2, -0.15) is 0 Å². The monoisotopic (exact) mass is 364 g/mol. The van der Waals surface area contributed by atoms with Gasteiger partial charge in [-0.25, -0.2) is 4.90 Å². The van der Waals surface area contributed by atoms with Gasteiger partial charge in [0.1, 0.15) is 11.8 Å². The van der Waals surface area contributed by atoms with Gasteiger partial charge < -0.3 is 9.64 Å². The molecule has 4 rings (SSSR count). The molecule has 1 saturated carbocycles. The number of hydrogen-bond donors (Lipinski definition) is 0. The number of hydrogen-bond acceptors (Lipinski definition) is 4. The third-order valence-corrected chi connectivity index (χ3v) is 4.98. The van der Waals surface area contributed by atoms with Gasteiger partial charge in [-0.3, -0.25) is 14.4 Å². The standard InChI is InChI=1S/C21H20N2O4/c1-27-17-11-7-14(8-12-17)20(25)22(16-9-10-16)18-13-19(24)23(21(18)26)15-5-3-2-4-6-15/h2-8,11-12,16,18H,9-10,13H2,1H3. The largest absolute Gasteiger partial charge is 0.497 e. The van der Waals surface area contributed by atoms with Crippen LogP contribution < -0.4 is 9.64 Å². The van der Waals surface area contributed by atoms with Gasteiger partial charge in [0.05, 0.1) is 19.2 Å². The van der Waals surface area contributed by atoms with Crippen molar-refractivity contribution in [1.29, 1.82) is 0 Å². The van der Waals surface area contributed by atoms with Crippen LogP contribution in [0.4, 0.5) is 5.69 Å². The van der Waals surface area contributed by atoms with Crippen LogP contribution in [0.5, 0.6) is 5.75 Å². The topological polar surface area (TPSA) is 66.9 Å². The fourth-order valence-electron chi connectivity index (χ4n) is 3.48. The fourth-order valence-corrected chi connectivity index (χ4v) is 3.48. The first-order chi connectivity index (χ1) is 13.1. The number of nitrogens with zero attached hydrogens (tertiary/aromatic N) is 2. The first-order valence-electron chi connectivity index (χ1n) is 8.98. The minimum atomic E-state index is -0.750. The number of amides is 3. The number of anilines is 1. The molecule has 1 heterocycles. The Hall–Kier alpha value is -3.15. The van der Waals surface area contributed by atoms with E-state index in [0.29, 0.717) is 17.0 Å². The summed E-state index contributed by atoms with van der Waals surface area (Å²) in [6.45, 7) is 0. The number of para-hydroxylation sites is 1. The predicted molar refractivity (Wildman–Crippen MR) is 99.5 cm³/mol. The Bertz CT molecular complexity index is 875. The van der Waals surface area contributed by atoms with E-state index in [0.717, 1.165) is 12.8 Å². The van der Waals surface area contributed by atoms with Crippen LogP contribution in [0, 0.1) is 0 Å². The Morgan fingerprint density at radius 2 is 1.70 bits per heavy atom. The summed E-state index contributed by atoms with van der Waals surface area (Å²) < 4.78 is 5.13. The van der Waals surface area contributed by atoms with Gasteiger partial charge in [0.2, 0.25) is 5.91 Å². The summed E-state index contributed by atoms with van der Waals surface area (Å²) in [6, 6.07) is 14.9. The zero-order chi connectivity index (χ0) is 19.0. The van der Waals surface area contributed by atoms with Crippen LogP contribution in [0.25, 0.3) is 0 Å². The van der Waals surface area contributed by atoms with Crippen molar-refractivity contribution in [2.24, 2.45) is 0 Å². The SMILES string of the molecule is COc1ccc(C(=O)N(C2CC2)C2CC(=O)N(c3ccccc3)C2=O)cc1. The van der Waals surface area contributed by atoms with Crippen LogP contribution in [0.1, 0.15) is 29.6 Å². The smallest absolute Gasteiger partial charge is 0.257 e. The van der Waals surface area contributed by atoms with Crippen molar-refractivity contribution in [3.05, 3.63) is 60.2 Å². The molecule has 1 atom stereocenters. The molecule has 0 N–H and O–H groups in total. The molecule has 0 aromatic heterocycles. The van der Waals surface area contributed by atoms with Crippen LogP contribution in [0.15, 0.2) is 54.6 Å². The maximum atomic E-state index is 13.1. The normalized spacial score (nSPS) is 19.3. The average Bonchev–Trinajstić information content (AvgIpc) is 3.48. The van der Waals surface area contributed by atoms with Crippen LogP contribution in [0.2, 0.25) is 0 Å². The maximum Gasteiger partial charge on any atom is 0.257 e. The molecule has 3 amide bonds. The average molecular weight is 364 g/mol. The van der Waals surface area contributed by atoms with E-state index < -0.39 is 6.04 Å². The molecule has 1 aliphatic heterocycles. The molecule has 0 bridgehead atoms. The molecule has 2 aromatic rings. The highest BCUT2D eigenvalue weighted by Gasteiger charge is 2.48. The summed E-state index contributed by atoms with van der Waals surface area (Å²) >= 11 is 0. The highest BCUT2D eigenvalue weighted by atomic mass is 16.5. The number of carbonyl (C=O) groups excluding carboxylic acids is 3. The van der Waals surface area contributed by atoms with E-state index in [9.17, 15) is 14.4 Å². The summed E-state index contributed by atoms with van der Waals surface area (Å²) in [7, 11) is 1.56. The summed E-state index contributed by atoms with van der Waals surface area (Å²) in [5.74, 6) is -0.169. The number of imide groups is 1. The van der Waals surface area contributed by atoms with E-state index in [1.165, 1.54) is 4.90 Å². The van der Waals surface area contributed by atoms with Crippen molar-refractivity contribution in [2.45, 2.75) is 31.3 Å². The Kier molecular flexibility index (Phi) is 4.39. The Morgan fingerprint density at radius 3 is 2.30 bits per heavy atom. The fraction of sp³-hybridized carbons (Fsp3) is 0.286. The first kappa shape index (κ1) is 17.3. The summed E-state index contributed by atoms with van der Waals surface area (Å²) in [4.78, 5) is 41.5. The van der Waals surface area contributed by atoms with E-state index in [1.54, 1.807) is 60.5 Å². The highest BCUT2D eigenvalue weighted by Crippen LogP contribution is 2.35. The molecule has 0 spiro atoms. The van der Waals surface area contributed by atoms with Crippen molar-refractivity contribution in [1.82, 2.24) is 4.90 Å². The van der Waals surface area contributed by atoms with Crippen LogP contribution in [0.3, 0.4) is 0 Å². The van der Waals surface area contributed by atoms with Crippen molar-refractivity contribution in [3.63, 3.8) is 0 Å². The molecule has 1 saturated heterocycles. The molecule has 2 fully saturated rings. The molecule has 6 nitrogen and oxygen atoms in total. The molecule has 6 heteroatoms. The second kappa shape index (κ2) is 6.87. The molecule has 138 valence electrons. The molecular formula is C21H20N2O4. The van der Waals surface area contributed by atoms with E-state index in [1.807, 2.05) is 6.07 Å². The molecule has 1 unspecified atom stereocenters. The lowest BCUT2D eigenvalue weighted by atomic mass is 10.1. The number of ether oxygens (including phenoxy) is 1. The van der Waals surface area contributed by atoms with Gasteiger partial charge >= 0.3 is 0 Å². The van der Waals surface area contributed by atoms with Crippen LogP contribution in [-0.4, -0.2) is 41.8 Å². The Balaban J connectivity index is 1.62. The number of benzene rings is 2. The number of carbonyl (C=O) groups is 3. The maximum absolute atomic E-state index is 13.1.